The molecule has 2 fully saturated rings. The minimum absolute atomic E-state index is 0.144. The third kappa shape index (κ3) is 2.83. The van der Waals surface area contributed by atoms with Crippen LogP contribution in [0.25, 0.3) is 0 Å². The summed E-state index contributed by atoms with van der Waals surface area (Å²) in [6.45, 7) is 0.780. The predicted molar refractivity (Wildman–Crippen MR) is 80.7 cm³/mol. The molecule has 0 spiro atoms. The molecule has 22 heavy (non-hydrogen) atoms. The van der Waals surface area contributed by atoms with E-state index in [1.807, 2.05) is 12.1 Å². The third-order valence-electron chi connectivity index (χ3n) is 4.16. The van der Waals surface area contributed by atoms with Crippen LogP contribution in [0.15, 0.2) is 24.5 Å². The zero-order valence-corrected chi connectivity index (χ0v) is 13.6. The molecule has 0 radical (unpaired) electrons. The summed E-state index contributed by atoms with van der Waals surface area (Å²) in [6.07, 6.45) is 4.47. The first-order chi connectivity index (χ1) is 10.5. The highest BCUT2D eigenvalue weighted by Crippen LogP contribution is 2.34. The van der Waals surface area contributed by atoms with Crippen molar-refractivity contribution in [2.24, 2.45) is 0 Å². The van der Waals surface area contributed by atoms with Gasteiger partial charge in [-0.15, -0.1) is 0 Å². The number of aromatic nitrogens is 1. The molecule has 0 unspecified atom stereocenters. The lowest BCUT2D eigenvalue weighted by molar-refractivity contribution is -0.0670. The van der Waals surface area contributed by atoms with Crippen LogP contribution >= 0.6 is 0 Å². The largest absolute Gasteiger partial charge is 0.486 e. The molecule has 3 atom stereocenters. The zero-order chi connectivity index (χ0) is 15.7. The van der Waals surface area contributed by atoms with Crippen LogP contribution < -0.4 is 4.74 Å². The summed E-state index contributed by atoms with van der Waals surface area (Å²) in [7, 11) is -0.324. The van der Waals surface area contributed by atoms with Crippen molar-refractivity contribution in [3.63, 3.8) is 0 Å². The maximum Gasteiger partial charge on any atom is 0.281 e. The molecular weight excluding hydrogens is 306 g/mol. The molecule has 1 saturated heterocycles. The van der Waals surface area contributed by atoms with Crippen LogP contribution in [0.2, 0.25) is 0 Å². The molecule has 3 rings (SSSR count). The maximum atomic E-state index is 12.4. The van der Waals surface area contributed by atoms with Gasteiger partial charge in [0, 0.05) is 26.8 Å². The molecule has 0 amide bonds. The van der Waals surface area contributed by atoms with E-state index >= 15 is 0 Å². The highest BCUT2D eigenvalue weighted by atomic mass is 32.2. The second-order valence-electron chi connectivity index (χ2n) is 5.73. The highest BCUT2D eigenvalue weighted by molar-refractivity contribution is 7.86. The highest BCUT2D eigenvalue weighted by Gasteiger charge is 2.48. The van der Waals surface area contributed by atoms with E-state index < -0.39 is 10.2 Å². The van der Waals surface area contributed by atoms with E-state index in [1.54, 1.807) is 30.8 Å². The van der Waals surface area contributed by atoms with Gasteiger partial charge in [0.1, 0.15) is 18.0 Å². The molecule has 2 aliphatic rings. The van der Waals surface area contributed by atoms with Crippen molar-refractivity contribution in [3.8, 4) is 5.75 Å². The van der Waals surface area contributed by atoms with Gasteiger partial charge >= 0.3 is 0 Å². The Morgan fingerprint density at radius 2 is 2.23 bits per heavy atom. The number of ether oxygens (including phenoxy) is 2. The normalized spacial score (nSPS) is 29.5. The number of hydrogen-bond donors (Lipinski definition) is 0. The molecule has 1 aromatic heterocycles. The second kappa shape index (κ2) is 6.11. The molecule has 0 bridgehead atoms. The van der Waals surface area contributed by atoms with Crippen LogP contribution in [-0.4, -0.2) is 67.5 Å². The number of hydrogen-bond acceptors (Lipinski definition) is 5. The fourth-order valence-electron chi connectivity index (χ4n) is 3.10. The van der Waals surface area contributed by atoms with Crippen molar-refractivity contribution in [2.45, 2.75) is 31.1 Å². The lowest BCUT2D eigenvalue weighted by Crippen LogP contribution is -2.56. The van der Waals surface area contributed by atoms with Gasteiger partial charge in [0.05, 0.1) is 18.8 Å². The quantitative estimate of drug-likeness (QED) is 0.805. The van der Waals surface area contributed by atoms with E-state index in [4.69, 9.17) is 9.47 Å². The first kappa shape index (κ1) is 15.7. The first-order valence-corrected chi connectivity index (χ1v) is 8.77. The average Bonchev–Trinajstić information content (AvgIpc) is 2.91. The molecule has 0 N–H and O–H groups in total. The second-order valence-corrected chi connectivity index (χ2v) is 7.82. The molecule has 8 heteroatoms. The SMILES string of the molecule is CN(C)S(=O)(=O)N1CCO[C@@H]2[C@@H](Oc3cccnc3)CC[C@H]21. The smallest absolute Gasteiger partial charge is 0.281 e. The van der Waals surface area contributed by atoms with Crippen LogP contribution in [0.1, 0.15) is 12.8 Å². The molecule has 1 saturated carbocycles. The van der Waals surface area contributed by atoms with E-state index in [1.165, 1.54) is 4.31 Å². The van der Waals surface area contributed by atoms with Gasteiger partial charge in [-0.1, -0.05) is 0 Å². The van der Waals surface area contributed by atoms with Gasteiger partial charge in [-0.2, -0.15) is 17.0 Å². The number of pyridine rings is 1. The third-order valence-corrected chi connectivity index (χ3v) is 6.13. The fourth-order valence-corrected chi connectivity index (χ4v) is 4.39. The molecule has 122 valence electrons. The standard InChI is InChI=1S/C14H21N3O4S/c1-16(2)22(18,19)17-8-9-20-14-12(17)5-6-13(14)21-11-4-3-7-15-10-11/h3-4,7,10,12-14H,5-6,8-9H2,1-2H3/t12-,13+,14+/m1/s1. The maximum absolute atomic E-state index is 12.4. The van der Waals surface area contributed by atoms with Gasteiger partial charge in [0.25, 0.3) is 10.2 Å². The number of fused-ring (bicyclic) bond motifs is 1. The fraction of sp³-hybridized carbons (Fsp3) is 0.643. The molecular formula is C14H21N3O4S. The average molecular weight is 327 g/mol. The predicted octanol–water partition coefficient (Wildman–Crippen LogP) is 0.499. The summed E-state index contributed by atoms with van der Waals surface area (Å²) in [4.78, 5) is 4.03. The Labute approximate surface area is 131 Å². The first-order valence-electron chi connectivity index (χ1n) is 7.38. The lowest BCUT2D eigenvalue weighted by Gasteiger charge is -2.39. The van der Waals surface area contributed by atoms with E-state index in [0.29, 0.717) is 18.9 Å². The van der Waals surface area contributed by atoms with Crippen LogP contribution in [0.5, 0.6) is 5.75 Å². The van der Waals surface area contributed by atoms with Crippen molar-refractivity contribution in [3.05, 3.63) is 24.5 Å². The Morgan fingerprint density at radius 1 is 1.41 bits per heavy atom. The van der Waals surface area contributed by atoms with Gasteiger partial charge in [-0.05, 0) is 25.0 Å². The molecule has 1 aliphatic heterocycles. The van der Waals surface area contributed by atoms with Crippen LogP contribution in [0, 0.1) is 0 Å². The van der Waals surface area contributed by atoms with Gasteiger partial charge < -0.3 is 9.47 Å². The Kier molecular flexibility index (Phi) is 4.35. The Morgan fingerprint density at radius 3 is 2.91 bits per heavy atom. The van der Waals surface area contributed by atoms with Crippen molar-refractivity contribution in [2.75, 3.05) is 27.2 Å². The number of morpholine rings is 1. The molecule has 1 aliphatic carbocycles. The monoisotopic (exact) mass is 327 g/mol. The van der Waals surface area contributed by atoms with Gasteiger partial charge in [0.15, 0.2) is 0 Å². The molecule has 1 aromatic rings. The summed E-state index contributed by atoms with van der Waals surface area (Å²) < 4.78 is 39.4. The van der Waals surface area contributed by atoms with Gasteiger partial charge in [-0.3, -0.25) is 4.98 Å². The van der Waals surface area contributed by atoms with Crippen molar-refractivity contribution >= 4 is 10.2 Å². The Bertz CT molecular complexity index is 608. The van der Waals surface area contributed by atoms with E-state index in [0.717, 1.165) is 12.8 Å². The summed E-state index contributed by atoms with van der Waals surface area (Å²) in [5.41, 5.74) is 0. The molecule has 0 aromatic carbocycles. The lowest BCUT2D eigenvalue weighted by atomic mass is 10.1. The van der Waals surface area contributed by atoms with Crippen molar-refractivity contribution in [1.29, 1.82) is 0 Å². The zero-order valence-electron chi connectivity index (χ0n) is 12.8. The van der Waals surface area contributed by atoms with E-state index in [9.17, 15) is 8.42 Å². The van der Waals surface area contributed by atoms with E-state index in [2.05, 4.69) is 4.98 Å². The summed E-state index contributed by atoms with van der Waals surface area (Å²) in [5.74, 6) is 0.685. The number of nitrogens with zero attached hydrogens (tertiary/aromatic N) is 3. The summed E-state index contributed by atoms with van der Waals surface area (Å²) in [5, 5.41) is 0. The van der Waals surface area contributed by atoms with Gasteiger partial charge in [0.2, 0.25) is 0 Å². The molecule has 7 nitrogen and oxygen atoms in total. The van der Waals surface area contributed by atoms with Crippen LogP contribution in [0.3, 0.4) is 0 Å². The minimum atomic E-state index is -3.43. The van der Waals surface area contributed by atoms with Crippen LogP contribution in [-0.2, 0) is 14.9 Å². The topological polar surface area (TPSA) is 72.0 Å². The summed E-state index contributed by atoms with van der Waals surface area (Å²) >= 11 is 0. The number of rotatable bonds is 4. The molecule has 2 heterocycles. The van der Waals surface area contributed by atoms with Crippen molar-refractivity contribution < 1.29 is 17.9 Å². The minimum Gasteiger partial charge on any atom is -0.486 e. The van der Waals surface area contributed by atoms with Crippen molar-refractivity contribution in [1.82, 2.24) is 13.6 Å². The van der Waals surface area contributed by atoms with Gasteiger partial charge in [-0.25, -0.2) is 0 Å². The Balaban J connectivity index is 1.76. The van der Waals surface area contributed by atoms with E-state index in [-0.39, 0.29) is 18.2 Å². The Hall–Kier alpha value is -1.22. The summed E-state index contributed by atoms with van der Waals surface area (Å²) in [6, 6.07) is 3.49. The van der Waals surface area contributed by atoms with Crippen LogP contribution in [0.4, 0.5) is 0 Å².